The van der Waals surface area contributed by atoms with Gasteiger partial charge in [-0.15, -0.1) is 6.58 Å². The van der Waals surface area contributed by atoms with Crippen LogP contribution in [0.3, 0.4) is 0 Å². The number of carbonyl (C=O) groups excluding carboxylic acids is 1. The maximum atomic E-state index is 11.0. The van der Waals surface area contributed by atoms with Crippen LogP contribution in [0, 0.1) is 0 Å². The Balaban J connectivity index is 4.18. The molecule has 4 heteroatoms. The second-order valence-electron chi connectivity index (χ2n) is 3.35. The number of carboxylic acids is 1. The summed E-state index contributed by atoms with van der Waals surface area (Å²) in [5.74, 6) is -1.84. The Morgan fingerprint density at radius 2 is 2.00 bits per heavy atom. The SMILES string of the molecule is C=CCC(C)(C)OC(=O)/C=C\C(=O)O. The summed E-state index contributed by atoms with van der Waals surface area (Å²) in [7, 11) is 0. The lowest BCUT2D eigenvalue weighted by Gasteiger charge is -2.22. The van der Waals surface area contributed by atoms with E-state index in [4.69, 9.17) is 9.84 Å². The van der Waals surface area contributed by atoms with Crippen molar-refractivity contribution >= 4 is 11.9 Å². The van der Waals surface area contributed by atoms with E-state index in [0.29, 0.717) is 6.42 Å². The lowest BCUT2D eigenvalue weighted by molar-refractivity contribution is -0.150. The first-order valence-electron chi connectivity index (χ1n) is 4.12. The number of esters is 1. The fourth-order valence-electron chi connectivity index (χ4n) is 0.835. The number of hydrogen-bond donors (Lipinski definition) is 1. The Bertz CT molecular complexity index is 263. The fraction of sp³-hybridized carbons (Fsp3) is 0.400. The van der Waals surface area contributed by atoms with Gasteiger partial charge in [0.05, 0.1) is 0 Å². The predicted octanol–water partition coefficient (Wildman–Crippen LogP) is 1.53. The topological polar surface area (TPSA) is 63.6 Å². The molecule has 78 valence electrons. The maximum Gasteiger partial charge on any atom is 0.331 e. The van der Waals surface area contributed by atoms with Crippen LogP contribution in [0.2, 0.25) is 0 Å². The normalized spacial score (nSPS) is 11.3. The van der Waals surface area contributed by atoms with Gasteiger partial charge in [0.15, 0.2) is 0 Å². The van der Waals surface area contributed by atoms with Crippen LogP contribution in [0.25, 0.3) is 0 Å². The van der Waals surface area contributed by atoms with Crippen LogP contribution in [0.5, 0.6) is 0 Å². The Morgan fingerprint density at radius 3 is 2.43 bits per heavy atom. The molecule has 0 radical (unpaired) electrons. The van der Waals surface area contributed by atoms with Gasteiger partial charge in [0, 0.05) is 18.6 Å². The molecule has 0 unspecified atom stereocenters. The van der Waals surface area contributed by atoms with E-state index in [0.717, 1.165) is 12.2 Å². The molecule has 0 aliphatic carbocycles. The molecule has 0 amide bonds. The number of aliphatic carboxylic acids is 1. The Hall–Kier alpha value is -1.58. The molecule has 0 heterocycles. The minimum Gasteiger partial charge on any atom is -0.478 e. The zero-order valence-corrected chi connectivity index (χ0v) is 8.32. The van der Waals surface area contributed by atoms with Crippen molar-refractivity contribution in [3.8, 4) is 0 Å². The van der Waals surface area contributed by atoms with Crippen LogP contribution >= 0.6 is 0 Å². The highest BCUT2D eigenvalue weighted by Gasteiger charge is 2.19. The summed E-state index contributed by atoms with van der Waals surface area (Å²) in [5.41, 5.74) is -0.651. The molecule has 0 bridgehead atoms. The summed E-state index contributed by atoms with van der Waals surface area (Å²) in [6, 6.07) is 0. The van der Waals surface area contributed by atoms with E-state index in [1.807, 2.05) is 0 Å². The highest BCUT2D eigenvalue weighted by molar-refractivity contribution is 5.90. The van der Waals surface area contributed by atoms with Crippen molar-refractivity contribution < 1.29 is 19.4 Å². The van der Waals surface area contributed by atoms with E-state index >= 15 is 0 Å². The first-order valence-corrected chi connectivity index (χ1v) is 4.12. The third-order valence-corrected chi connectivity index (χ3v) is 1.37. The summed E-state index contributed by atoms with van der Waals surface area (Å²) in [6.07, 6.45) is 3.77. The van der Waals surface area contributed by atoms with Crippen molar-refractivity contribution in [3.05, 3.63) is 24.8 Å². The minimum atomic E-state index is -1.18. The summed E-state index contributed by atoms with van der Waals surface area (Å²) in [5, 5.41) is 8.25. The van der Waals surface area contributed by atoms with Crippen LogP contribution < -0.4 is 0 Å². The van der Waals surface area contributed by atoms with Crippen LogP contribution in [0.15, 0.2) is 24.8 Å². The number of carboxylic acid groups (broad SMARTS) is 1. The van der Waals surface area contributed by atoms with Gasteiger partial charge in [0.2, 0.25) is 0 Å². The molecule has 14 heavy (non-hydrogen) atoms. The molecule has 0 aliphatic rings. The van der Waals surface area contributed by atoms with Crippen LogP contribution in [0.1, 0.15) is 20.3 Å². The van der Waals surface area contributed by atoms with E-state index in [2.05, 4.69) is 6.58 Å². The molecular formula is C10H14O4. The fourth-order valence-corrected chi connectivity index (χ4v) is 0.835. The van der Waals surface area contributed by atoms with E-state index in [1.54, 1.807) is 19.9 Å². The highest BCUT2D eigenvalue weighted by Crippen LogP contribution is 2.14. The number of ether oxygens (including phenoxy) is 1. The summed E-state index contributed by atoms with van der Waals surface area (Å²) in [6.45, 7) is 6.97. The molecule has 0 saturated heterocycles. The van der Waals surface area contributed by atoms with Crippen LogP contribution in [-0.2, 0) is 14.3 Å². The van der Waals surface area contributed by atoms with Gasteiger partial charge in [-0.25, -0.2) is 9.59 Å². The molecule has 0 aromatic heterocycles. The highest BCUT2D eigenvalue weighted by atomic mass is 16.6. The monoisotopic (exact) mass is 198 g/mol. The molecule has 1 N–H and O–H groups in total. The van der Waals surface area contributed by atoms with Gasteiger partial charge in [-0.1, -0.05) is 6.08 Å². The first-order chi connectivity index (χ1) is 6.37. The zero-order chi connectivity index (χ0) is 11.2. The molecule has 0 atom stereocenters. The average Bonchev–Trinajstić information content (AvgIpc) is 1.99. The van der Waals surface area contributed by atoms with Gasteiger partial charge in [-0.2, -0.15) is 0 Å². The van der Waals surface area contributed by atoms with Crippen LogP contribution in [0.4, 0.5) is 0 Å². The minimum absolute atomic E-state index is 0.514. The zero-order valence-electron chi connectivity index (χ0n) is 8.32. The maximum absolute atomic E-state index is 11.0. The molecule has 4 nitrogen and oxygen atoms in total. The van der Waals surface area contributed by atoms with Crippen LogP contribution in [-0.4, -0.2) is 22.6 Å². The summed E-state index contributed by atoms with van der Waals surface area (Å²) in [4.78, 5) is 21.1. The van der Waals surface area contributed by atoms with Crippen molar-refractivity contribution in [2.75, 3.05) is 0 Å². The van der Waals surface area contributed by atoms with E-state index in [9.17, 15) is 9.59 Å². The van der Waals surface area contributed by atoms with Crippen molar-refractivity contribution in [3.63, 3.8) is 0 Å². The Kier molecular flexibility index (Phi) is 4.63. The number of carbonyl (C=O) groups is 2. The summed E-state index contributed by atoms with van der Waals surface area (Å²) < 4.78 is 4.97. The van der Waals surface area contributed by atoms with Gasteiger partial charge in [0.25, 0.3) is 0 Å². The van der Waals surface area contributed by atoms with Crippen molar-refractivity contribution in [1.82, 2.24) is 0 Å². The Morgan fingerprint density at radius 1 is 1.43 bits per heavy atom. The average molecular weight is 198 g/mol. The number of hydrogen-bond acceptors (Lipinski definition) is 3. The molecular weight excluding hydrogens is 184 g/mol. The quantitative estimate of drug-likeness (QED) is 0.413. The van der Waals surface area contributed by atoms with Crippen molar-refractivity contribution in [2.24, 2.45) is 0 Å². The van der Waals surface area contributed by atoms with Crippen molar-refractivity contribution in [2.45, 2.75) is 25.9 Å². The number of rotatable bonds is 5. The third-order valence-electron chi connectivity index (χ3n) is 1.37. The lowest BCUT2D eigenvalue weighted by atomic mass is 10.1. The molecule has 0 saturated carbocycles. The van der Waals surface area contributed by atoms with Gasteiger partial charge in [-0.3, -0.25) is 0 Å². The first kappa shape index (κ1) is 12.4. The molecule has 0 spiro atoms. The van der Waals surface area contributed by atoms with Gasteiger partial charge >= 0.3 is 11.9 Å². The third kappa shape index (κ3) is 5.99. The molecule has 0 aromatic rings. The molecule has 0 fully saturated rings. The van der Waals surface area contributed by atoms with Gasteiger partial charge in [0.1, 0.15) is 5.60 Å². The van der Waals surface area contributed by atoms with Crippen molar-refractivity contribution in [1.29, 1.82) is 0 Å². The molecule has 0 rings (SSSR count). The predicted molar refractivity (Wildman–Crippen MR) is 51.8 cm³/mol. The standard InChI is InChI=1S/C10H14O4/c1-4-7-10(2,3)14-9(13)6-5-8(11)12/h4-6H,1,7H2,2-3H3,(H,11,12)/b6-5-. The lowest BCUT2D eigenvalue weighted by Crippen LogP contribution is -2.26. The largest absolute Gasteiger partial charge is 0.478 e. The van der Waals surface area contributed by atoms with Gasteiger partial charge in [-0.05, 0) is 13.8 Å². The second kappa shape index (κ2) is 5.21. The van der Waals surface area contributed by atoms with E-state index in [-0.39, 0.29) is 0 Å². The molecule has 0 aromatic carbocycles. The molecule has 0 aliphatic heterocycles. The van der Waals surface area contributed by atoms with Gasteiger partial charge < -0.3 is 9.84 Å². The van der Waals surface area contributed by atoms with E-state index in [1.165, 1.54) is 0 Å². The summed E-state index contributed by atoms with van der Waals surface area (Å²) >= 11 is 0. The van der Waals surface area contributed by atoms with E-state index < -0.39 is 17.5 Å². The second-order valence-corrected chi connectivity index (χ2v) is 3.35. The Labute approximate surface area is 82.9 Å². The smallest absolute Gasteiger partial charge is 0.331 e.